The minimum absolute atomic E-state index is 0.0119. The average Bonchev–Trinajstić information content (AvgIpc) is 2.77. The van der Waals surface area contributed by atoms with E-state index in [1.807, 2.05) is 0 Å². The van der Waals surface area contributed by atoms with Gasteiger partial charge in [-0.25, -0.2) is 8.42 Å². The Hall–Kier alpha value is -3.16. The van der Waals surface area contributed by atoms with Crippen LogP contribution >= 0.6 is 0 Å². The van der Waals surface area contributed by atoms with Crippen LogP contribution in [0.1, 0.15) is 30.4 Å². The van der Waals surface area contributed by atoms with Gasteiger partial charge in [0.2, 0.25) is 10.0 Å². The van der Waals surface area contributed by atoms with Crippen LogP contribution in [-0.2, 0) is 21.0 Å². The van der Waals surface area contributed by atoms with Crippen LogP contribution in [-0.4, -0.2) is 31.7 Å². The quantitative estimate of drug-likeness (QED) is 0.525. The molecule has 3 rings (SSSR count). The molecule has 10 heteroatoms. The predicted molar refractivity (Wildman–Crippen MR) is 113 cm³/mol. The van der Waals surface area contributed by atoms with Crippen LogP contribution in [0.5, 0.6) is 0 Å². The van der Waals surface area contributed by atoms with E-state index < -0.39 is 33.2 Å². The molecule has 6 nitrogen and oxygen atoms in total. The maximum Gasteiger partial charge on any atom is 0.416 e. The number of carbonyl (C=O) groups excluding carboxylic acids is 1. The fourth-order valence-electron chi connectivity index (χ4n) is 3.37. The van der Waals surface area contributed by atoms with Crippen molar-refractivity contribution in [3.05, 3.63) is 65.2 Å². The number of carbonyl (C=O) groups is 1. The third-order valence-electron chi connectivity index (χ3n) is 4.98. The summed E-state index contributed by atoms with van der Waals surface area (Å²) in [5.74, 6) is -0.947. The molecule has 1 saturated heterocycles. The maximum absolute atomic E-state index is 13.2. The van der Waals surface area contributed by atoms with Gasteiger partial charge in [-0.3, -0.25) is 4.79 Å². The molecule has 1 aliphatic rings. The summed E-state index contributed by atoms with van der Waals surface area (Å²) in [5, 5.41) is 11.7. The molecule has 2 aromatic carbocycles. The number of hydrogen-bond acceptors (Lipinski definition) is 4. The number of nitrogens with one attached hydrogen (secondary N) is 1. The number of sulfonamides is 1. The van der Waals surface area contributed by atoms with Gasteiger partial charge in [-0.2, -0.15) is 22.7 Å². The molecule has 168 valence electrons. The summed E-state index contributed by atoms with van der Waals surface area (Å²) in [6.45, 7) is 0.831. The van der Waals surface area contributed by atoms with Crippen LogP contribution in [0.3, 0.4) is 0 Å². The van der Waals surface area contributed by atoms with E-state index in [9.17, 15) is 31.6 Å². The zero-order valence-electron chi connectivity index (χ0n) is 16.9. The topological polar surface area (TPSA) is 90.3 Å². The van der Waals surface area contributed by atoms with E-state index in [1.165, 1.54) is 40.7 Å². The number of anilines is 1. The second kappa shape index (κ2) is 9.54. The second-order valence-electron chi connectivity index (χ2n) is 7.20. The summed E-state index contributed by atoms with van der Waals surface area (Å²) in [6.07, 6.45) is -1.30. The number of amides is 1. The average molecular weight is 463 g/mol. The number of hydrogen-bond donors (Lipinski definition) is 1. The van der Waals surface area contributed by atoms with Gasteiger partial charge in [-0.05, 0) is 48.7 Å². The summed E-state index contributed by atoms with van der Waals surface area (Å²) in [5.41, 5.74) is -1.74. The minimum Gasteiger partial charge on any atom is -0.321 e. The van der Waals surface area contributed by atoms with E-state index in [4.69, 9.17) is 0 Å². The number of alkyl halides is 3. The van der Waals surface area contributed by atoms with Gasteiger partial charge in [0.25, 0.3) is 5.91 Å². The summed E-state index contributed by atoms with van der Waals surface area (Å²) in [6, 6.07) is 11.7. The van der Waals surface area contributed by atoms with Crippen LogP contribution in [0.15, 0.2) is 59.0 Å². The zero-order valence-corrected chi connectivity index (χ0v) is 17.7. The van der Waals surface area contributed by atoms with Crippen LogP contribution in [0.25, 0.3) is 6.08 Å². The molecule has 32 heavy (non-hydrogen) atoms. The molecule has 2 aromatic rings. The molecular weight excluding hydrogens is 443 g/mol. The highest BCUT2D eigenvalue weighted by Gasteiger charge is 2.32. The van der Waals surface area contributed by atoms with Crippen LogP contribution in [0, 0.1) is 11.3 Å². The van der Waals surface area contributed by atoms with E-state index in [0.717, 1.165) is 37.5 Å². The van der Waals surface area contributed by atoms with Gasteiger partial charge in [-0.15, -0.1) is 0 Å². The number of halogens is 3. The van der Waals surface area contributed by atoms with Crippen LogP contribution in [0.2, 0.25) is 0 Å². The molecule has 0 aromatic heterocycles. The highest BCUT2D eigenvalue weighted by atomic mass is 32.2. The Morgan fingerprint density at radius 3 is 2.41 bits per heavy atom. The molecule has 0 saturated carbocycles. The van der Waals surface area contributed by atoms with Crippen LogP contribution in [0.4, 0.5) is 18.9 Å². The number of nitriles is 1. The highest BCUT2D eigenvalue weighted by Crippen LogP contribution is 2.33. The van der Waals surface area contributed by atoms with Gasteiger partial charge < -0.3 is 5.32 Å². The van der Waals surface area contributed by atoms with Gasteiger partial charge in [0.1, 0.15) is 11.6 Å². The van der Waals surface area contributed by atoms with Crippen LogP contribution < -0.4 is 5.32 Å². The SMILES string of the molecule is N#C/C(=C\c1ccccc1C(F)(F)F)C(=O)Nc1cccc(S(=O)(=O)N2CCCCC2)c1. The lowest BCUT2D eigenvalue weighted by atomic mass is 10.0. The number of nitrogens with zero attached hydrogens (tertiary/aromatic N) is 2. The summed E-state index contributed by atoms with van der Waals surface area (Å²) >= 11 is 0. The van der Waals surface area contributed by atoms with E-state index in [1.54, 1.807) is 6.07 Å². The standard InChI is InChI=1S/C22H20F3N3O3S/c23-22(24,25)20-10-3-2-7-16(20)13-17(15-26)21(29)27-18-8-6-9-19(14-18)32(30,31)28-11-4-1-5-12-28/h2-3,6-10,13-14H,1,4-5,11-12H2,(H,27,29)/b17-13+. The normalized spacial score (nSPS) is 15.8. The van der Waals surface area contributed by atoms with Crippen molar-refractivity contribution >= 4 is 27.7 Å². The Balaban J connectivity index is 1.85. The largest absolute Gasteiger partial charge is 0.416 e. The van der Waals surface area contributed by atoms with Gasteiger partial charge in [0.05, 0.1) is 10.5 Å². The lowest BCUT2D eigenvalue weighted by Crippen LogP contribution is -2.35. The minimum atomic E-state index is -4.65. The molecule has 1 fully saturated rings. The van der Waals surface area contributed by atoms with Crippen molar-refractivity contribution in [1.29, 1.82) is 5.26 Å². The first-order valence-corrected chi connectivity index (χ1v) is 11.3. The smallest absolute Gasteiger partial charge is 0.321 e. The van der Waals surface area contributed by atoms with E-state index in [-0.39, 0.29) is 16.1 Å². The van der Waals surface area contributed by atoms with Crippen molar-refractivity contribution in [2.24, 2.45) is 0 Å². The molecule has 0 unspecified atom stereocenters. The van der Waals surface area contributed by atoms with Gasteiger partial charge in [0.15, 0.2) is 0 Å². The van der Waals surface area contributed by atoms with Crippen molar-refractivity contribution in [2.45, 2.75) is 30.3 Å². The first-order chi connectivity index (χ1) is 15.1. The lowest BCUT2D eigenvalue weighted by Gasteiger charge is -2.26. The summed E-state index contributed by atoms with van der Waals surface area (Å²) in [4.78, 5) is 12.5. The van der Waals surface area contributed by atoms with Gasteiger partial charge >= 0.3 is 6.18 Å². The molecule has 0 aliphatic carbocycles. The van der Waals surface area contributed by atoms with Crippen molar-refractivity contribution in [1.82, 2.24) is 4.31 Å². The Morgan fingerprint density at radius 2 is 1.75 bits per heavy atom. The van der Waals surface area contributed by atoms with Gasteiger partial charge in [-0.1, -0.05) is 30.7 Å². The summed E-state index contributed by atoms with van der Waals surface area (Å²) < 4.78 is 66.6. The number of piperidine rings is 1. The first kappa shape index (κ1) is 23.5. The molecule has 0 spiro atoms. The van der Waals surface area contributed by atoms with E-state index >= 15 is 0 Å². The Morgan fingerprint density at radius 1 is 1.06 bits per heavy atom. The van der Waals surface area contributed by atoms with Gasteiger partial charge in [0, 0.05) is 18.8 Å². The first-order valence-electron chi connectivity index (χ1n) is 9.82. The Kier molecular flexibility index (Phi) is 7.01. The van der Waals surface area contributed by atoms with Crippen molar-refractivity contribution in [3.63, 3.8) is 0 Å². The third-order valence-corrected chi connectivity index (χ3v) is 6.87. The fraction of sp³-hybridized carbons (Fsp3) is 0.273. The molecule has 1 heterocycles. The molecular formula is C22H20F3N3O3S. The maximum atomic E-state index is 13.2. The molecule has 0 atom stereocenters. The monoisotopic (exact) mass is 463 g/mol. The third kappa shape index (κ3) is 5.36. The lowest BCUT2D eigenvalue weighted by molar-refractivity contribution is -0.137. The van der Waals surface area contributed by atoms with E-state index in [2.05, 4.69) is 5.32 Å². The van der Waals surface area contributed by atoms with E-state index in [0.29, 0.717) is 13.1 Å². The van der Waals surface area contributed by atoms with Crippen molar-refractivity contribution in [2.75, 3.05) is 18.4 Å². The Labute approximate surface area is 184 Å². The van der Waals surface area contributed by atoms with Crippen molar-refractivity contribution in [3.8, 4) is 6.07 Å². The number of benzene rings is 2. The Bertz CT molecular complexity index is 1180. The van der Waals surface area contributed by atoms with Crippen molar-refractivity contribution < 1.29 is 26.4 Å². The fourth-order valence-corrected chi connectivity index (χ4v) is 4.94. The molecule has 1 aliphatic heterocycles. The second-order valence-corrected chi connectivity index (χ2v) is 9.14. The zero-order chi connectivity index (χ0) is 23.4. The summed E-state index contributed by atoms with van der Waals surface area (Å²) in [7, 11) is -3.74. The molecule has 0 bridgehead atoms. The molecule has 0 radical (unpaired) electrons. The predicted octanol–water partition coefficient (Wildman–Crippen LogP) is 4.43. The molecule has 1 amide bonds. The number of rotatable bonds is 5. The highest BCUT2D eigenvalue weighted by molar-refractivity contribution is 7.89. The molecule has 1 N–H and O–H groups in total.